The quantitative estimate of drug-likeness (QED) is 0.581. The van der Waals surface area contributed by atoms with Crippen molar-refractivity contribution in [1.29, 1.82) is 0 Å². The third-order valence-electron chi connectivity index (χ3n) is 2.11. The lowest BCUT2D eigenvalue weighted by Crippen LogP contribution is -2.29. The first kappa shape index (κ1) is 14.9. The Kier molecular flexibility index (Phi) is 8.52. The first-order valence-corrected chi connectivity index (χ1v) is 5.62. The molecule has 94 valence electrons. The fourth-order valence-corrected chi connectivity index (χ4v) is 1.41. The van der Waals surface area contributed by atoms with Gasteiger partial charge in [-0.05, 0) is 5.92 Å². The molecule has 1 atom stereocenters. The molecule has 5 heteroatoms. The Morgan fingerprint density at radius 1 is 1.44 bits per heavy atom. The molecule has 16 heavy (non-hydrogen) atoms. The Labute approximate surface area is 96.2 Å². The van der Waals surface area contributed by atoms with Gasteiger partial charge in [0.1, 0.15) is 6.61 Å². The number of ether oxygens (including phenoxy) is 1. The van der Waals surface area contributed by atoms with Crippen LogP contribution in [0.1, 0.15) is 33.1 Å². The molecule has 0 bridgehead atoms. The number of aliphatic carboxylic acids is 1. The molecule has 0 aromatic carbocycles. The molecule has 0 aliphatic carbocycles. The Morgan fingerprint density at radius 2 is 2.12 bits per heavy atom. The van der Waals surface area contributed by atoms with Gasteiger partial charge in [-0.15, -0.1) is 0 Å². The molecule has 1 amide bonds. The molecule has 0 spiro atoms. The average Bonchev–Trinajstić information content (AvgIpc) is 2.16. The molecule has 0 saturated carbocycles. The second-order valence-corrected chi connectivity index (χ2v) is 3.89. The van der Waals surface area contributed by atoms with E-state index in [1.165, 1.54) is 0 Å². The first-order valence-electron chi connectivity index (χ1n) is 5.62. The second kappa shape index (κ2) is 9.15. The monoisotopic (exact) mass is 231 g/mol. The lowest BCUT2D eigenvalue weighted by molar-refractivity contribution is -0.142. The van der Waals surface area contributed by atoms with Crippen LogP contribution in [-0.4, -0.2) is 36.7 Å². The van der Waals surface area contributed by atoms with Crippen LogP contribution in [0.5, 0.6) is 0 Å². The van der Waals surface area contributed by atoms with E-state index in [2.05, 4.69) is 12.2 Å². The van der Waals surface area contributed by atoms with E-state index in [1.54, 1.807) is 0 Å². The van der Waals surface area contributed by atoms with Crippen LogP contribution < -0.4 is 5.32 Å². The number of carbonyl (C=O) groups is 2. The third kappa shape index (κ3) is 9.45. The van der Waals surface area contributed by atoms with Crippen molar-refractivity contribution in [2.75, 3.05) is 19.8 Å². The van der Waals surface area contributed by atoms with E-state index in [1.807, 2.05) is 6.92 Å². The van der Waals surface area contributed by atoms with Crippen LogP contribution in [-0.2, 0) is 14.3 Å². The van der Waals surface area contributed by atoms with Crippen LogP contribution in [0.15, 0.2) is 0 Å². The molecule has 1 unspecified atom stereocenters. The van der Waals surface area contributed by atoms with Crippen LogP contribution in [0.4, 0.5) is 0 Å². The first-order chi connectivity index (χ1) is 7.56. The number of carboxylic acids is 1. The van der Waals surface area contributed by atoms with Crippen molar-refractivity contribution < 1.29 is 19.4 Å². The number of rotatable bonds is 9. The van der Waals surface area contributed by atoms with Gasteiger partial charge in [0.25, 0.3) is 0 Å². The second-order valence-electron chi connectivity index (χ2n) is 3.89. The molecular formula is C11H21NO4. The van der Waals surface area contributed by atoms with Gasteiger partial charge in [-0.25, -0.2) is 4.79 Å². The van der Waals surface area contributed by atoms with E-state index >= 15 is 0 Å². The van der Waals surface area contributed by atoms with Gasteiger partial charge >= 0.3 is 5.97 Å². The predicted molar refractivity (Wildman–Crippen MR) is 60.2 cm³/mol. The van der Waals surface area contributed by atoms with Crippen LogP contribution in [0.2, 0.25) is 0 Å². The van der Waals surface area contributed by atoms with E-state index in [0.717, 1.165) is 12.8 Å². The number of carbonyl (C=O) groups excluding carboxylic acids is 1. The highest BCUT2D eigenvalue weighted by molar-refractivity contribution is 5.76. The van der Waals surface area contributed by atoms with Crippen LogP contribution >= 0.6 is 0 Å². The lowest BCUT2D eigenvalue weighted by Gasteiger charge is -2.10. The molecular weight excluding hydrogens is 210 g/mol. The summed E-state index contributed by atoms with van der Waals surface area (Å²) < 4.78 is 4.78. The fraction of sp³-hybridized carbons (Fsp3) is 0.818. The topological polar surface area (TPSA) is 75.6 Å². The zero-order valence-corrected chi connectivity index (χ0v) is 9.99. The minimum absolute atomic E-state index is 0.000116. The highest BCUT2D eigenvalue weighted by Crippen LogP contribution is 2.08. The Morgan fingerprint density at radius 3 is 2.69 bits per heavy atom. The van der Waals surface area contributed by atoms with E-state index in [4.69, 9.17) is 9.84 Å². The molecule has 0 aliphatic heterocycles. The summed E-state index contributed by atoms with van der Waals surface area (Å²) in [7, 11) is 0. The summed E-state index contributed by atoms with van der Waals surface area (Å²) >= 11 is 0. The number of nitrogens with one attached hydrogen (secondary N) is 1. The maximum Gasteiger partial charge on any atom is 0.329 e. The zero-order valence-electron chi connectivity index (χ0n) is 9.99. The predicted octanol–water partition coefficient (Wildman–Crippen LogP) is 1.03. The Bertz CT molecular complexity index is 218. The van der Waals surface area contributed by atoms with Gasteiger partial charge in [0.15, 0.2) is 0 Å². The molecule has 0 aromatic rings. The number of amides is 1. The van der Waals surface area contributed by atoms with Crippen molar-refractivity contribution in [3.8, 4) is 0 Å². The van der Waals surface area contributed by atoms with Crippen molar-refractivity contribution in [3.05, 3.63) is 0 Å². The highest BCUT2D eigenvalue weighted by atomic mass is 16.5. The summed E-state index contributed by atoms with van der Waals surface area (Å²) in [4.78, 5) is 21.4. The number of hydrogen-bond acceptors (Lipinski definition) is 3. The summed E-state index contributed by atoms with van der Waals surface area (Å²) in [5.74, 6) is -0.604. The van der Waals surface area contributed by atoms with Crippen LogP contribution in [0, 0.1) is 5.92 Å². The summed E-state index contributed by atoms with van der Waals surface area (Å²) in [6.07, 6.45) is 2.64. The minimum atomic E-state index is -0.997. The summed E-state index contributed by atoms with van der Waals surface area (Å²) in [5, 5.41) is 11.0. The highest BCUT2D eigenvalue weighted by Gasteiger charge is 2.07. The lowest BCUT2D eigenvalue weighted by atomic mass is 10.0. The largest absolute Gasteiger partial charge is 0.480 e. The molecule has 0 rings (SSSR count). The molecule has 0 saturated heterocycles. The van der Waals surface area contributed by atoms with Gasteiger partial charge in [-0.2, -0.15) is 0 Å². The van der Waals surface area contributed by atoms with Crippen molar-refractivity contribution >= 4 is 11.9 Å². The van der Waals surface area contributed by atoms with Crippen molar-refractivity contribution in [2.24, 2.45) is 5.92 Å². The normalized spacial score (nSPS) is 12.1. The van der Waals surface area contributed by atoms with Gasteiger partial charge in [0, 0.05) is 13.0 Å². The molecule has 0 radical (unpaired) electrons. The molecule has 0 fully saturated rings. The molecule has 0 aromatic heterocycles. The molecule has 0 heterocycles. The summed E-state index contributed by atoms with van der Waals surface area (Å²) in [6, 6.07) is 0. The Balaban J connectivity index is 3.40. The number of carboxylic acid groups (broad SMARTS) is 1. The average molecular weight is 231 g/mol. The molecule has 0 aliphatic rings. The van der Waals surface area contributed by atoms with Crippen molar-refractivity contribution in [2.45, 2.75) is 33.1 Å². The molecule has 5 nitrogen and oxygen atoms in total. The Hall–Kier alpha value is -1.10. The van der Waals surface area contributed by atoms with E-state index in [9.17, 15) is 9.59 Å². The SMILES string of the molecule is CCCC(C)CC(=O)NCCOCC(=O)O. The van der Waals surface area contributed by atoms with Crippen molar-refractivity contribution in [3.63, 3.8) is 0 Å². The maximum absolute atomic E-state index is 11.3. The van der Waals surface area contributed by atoms with Gasteiger partial charge in [0.2, 0.25) is 5.91 Å². The number of hydrogen-bond donors (Lipinski definition) is 2. The van der Waals surface area contributed by atoms with Gasteiger partial charge in [-0.1, -0.05) is 26.7 Å². The summed E-state index contributed by atoms with van der Waals surface area (Å²) in [5.41, 5.74) is 0. The summed E-state index contributed by atoms with van der Waals surface area (Å²) in [6.45, 7) is 4.42. The maximum atomic E-state index is 11.3. The van der Waals surface area contributed by atoms with Crippen molar-refractivity contribution in [1.82, 2.24) is 5.32 Å². The van der Waals surface area contributed by atoms with E-state index in [0.29, 0.717) is 18.9 Å². The fourth-order valence-electron chi connectivity index (χ4n) is 1.41. The van der Waals surface area contributed by atoms with Gasteiger partial charge in [0.05, 0.1) is 6.61 Å². The smallest absolute Gasteiger partial charge is 0.329 e. The van der Waals surface area contributed by atoms with Crippen LogP contribution in [0.25, 0.3) is 0 Å². The van der Waals surface area contributed by atoms with Gasteiger partial charge < -0.3 is 15.2 Å². The third-order valence-corrected chi connectivity index (χ3v) is 2.11. The minimum Gasteiger partial charge on any atom is -0.480 e. The molecule has 2 N–H and O–H groups in total. The van der Waals surface area contributed by atoms with E-state index in [-0.39, 0.29) is 19.1 Å². The van der Waals surface area contributed by atoms with Gasteiger partial charge in [-0.3, -0.25) is 4.79 Å². The van der Waals surface area contributed by atoms with Crippen LogP contribution in [0.3, 0.4) is 0 Å². The zero-order chi connectivity index (χ0) is 12.4. The van der Waals surface area contributed by atoms with E-state index < -0.39 is 5.97 Å². The standard InChI is InChI=1S/C11H21NO4/c1-3-4-9(2)7-10(13)12-5-6-16-8-11(14)15/h9H,3-8H2,1-2H3,(H,12,13)(H,14,15).